The molecule has 2 aromatic carbocycles. The summed E-state index contributed by atoms with van der Waals surface area (Å²) in [5, 5.41) is 19.5. The van der Waals surface area contributed by atoms with Gasteiger partial charge in [0.25, 0.3) is 11.8 Å². The molecule has 1 fully saturated rings. The zero-order valence-electron chi connectivity index (χ0n) is 16.3. The monoisotopic (exact) mass is 458 g/mol. The molecule has 10 heteroatoms. The number of hydrazine groups is 1. The average Bonchev–Trinajstić information content (AvgIpc) is 3.00. The molecule has 0 spiro atoms. The number of aliphatic carboxylic acids is 1. The predicted molar refractivity (Wildman–Crippen MR) is 119 cm³/mol. The van der Waals surface area contributed by atoms with Gasteiger partial charge in [-0.25, -0.2) is 4.79 Å². The number of rotatable bonds is 7. The number of benzene rings is 2. The van der Waals surface area contributed by atoms with Crippen LogP contribution >= 0.6 is 24.0 Å². The Balaban J connectivity index is 1.80. The first-order valence-electron chi connectivity index (χ1n) is 9.16. The van der Waals surface area contributed by atoms with Crippen LogP contribution in [-0.2, 0) is 9.59 Å². The van der Waals surface area contributed by atoms with Crippen LogP contribution in [0.3, 0.4) is 0 Å². The van der Waals surface area contributed by atoms with Gasteiger partial charge in [-0.2, -0.15) is 5.01 Å². The number of carbonyl (C=O) groups excluding carboxylic acids is 2. The van der Waals surface area contributed by atoms with Crippen LogP contribution in [0.2, 0.25) is 0 Å². The summed E-state index contributed by atoms with van der Waals surface area (Å²) in [6.07, 6.45) is 0.791. The van der Waals surface area contributed by atoms with Gasteiger partial charge < -0.3 is 14.9 Å². The zero-order chi connectivity index (χ0) is 22.5. The fraction of sp³-hybridized carbons (Fsp3) is 0.143. The maximum atomic E-state index is 12.8. The second kappa shape index (κ2) is 9.63. The number of aromatic hydroxyl groups is 1. The van der Waals surface area contributed by atoms with Crippen molar-refractivity contribution in [3.8, 4) is 11.5 Å². The normalized spacial score (nSPS) is 15.8. The lowest BCUT2D eigenvalue weighted by atomic mass is 10.1. The minimum Gasteiger partial charge on any atom is -0.508 e. The highest BCUT2D eigenvalue weighted by atomic mass is 32.2. The summed E-state index contributed by atoms with van der Waals surface area (Å²) < 4.78 is 5.72. The van der Waals surface area contributed by atoms with Gasteiger partial charge >= 0.3 is 5.97 Å². The van der Waals surface area contributed by atoms with Crippen molar-refractivity contribution >= 4 is 52.2 Å². The molecule has 0 radical (unpaired) electrons. The number of para-hydroxylation sites is 1. The van der Waals surface area contributed by atoms with Crippen molar-refractivity contribution in [3.63, 3.8) is 0 Å². The van der Waals surface area contributed by atoms with E-state index >= 15 is 0 Å². The summed E-state index contributed by atoms with van der Waals surface area (Å²) >= 11 is 6.22. The van der Waals surface area contributed by atoms with Gasteiger partial charge in [-0.1, -0.05) is 36.9 Å². The molecular weight excluding hydrogens is 440 g/mol. The molecular formula is C21H18N2O6S2. The van der Waals surface area contributed by atoms with Gasteiger partial charge in [-0.05, 0) is 55.0 Å². The molecule has 1 saturated heterocycles. The Morgan fingerprint density at radius 3 is 2.55 bits per heavy atom. The van der Waals surface area contributed by atoms with Crippen LogP contribution < -0.4 is 10.2 Å². The lowest BCUT2D eigenvalue weighted by Crippen LogP contribution is -2.44. The van der Waals surface area contributed by atoms with Crippen LogP contribution in [-0.4, -0.2) is 43.4 Å². The quantitative estimate of drug-likeness (QED) is 0.428. The lowest BCUT2D eigenvalue weighted by Gasteiger charge is -2.16. The van der Waals surface area contributed by atoms with E-state index in [9.17, 15) is 24.6 Å². The summed E-state index contributed by atoms with van der Waals surface area (Å²) in [6, 6.07) is 12.3. The number of phenols is 1. The molecule has 0 saturated carbocycles. The molecule has 1 aliphatic heterocycles. The number of hydrogen-bond acceptors (Lipinski definition) is 7. The summed E-state index contributed by atoms with van der Waals surface area (Å²) in [5.41, 5.74) is 3.20. The van der Waals surface area contributed by atoms with Crippen molar-refractivity contribution in [2.75, 3.05) is 0 Å². The summed E-state index contributed by atoms with van der Waals surface area (Å²) in [5.74, 6) is -1.84. The molecule has 0 aromatic heterocycles. The van der Waals surface area contributed by atoms with Crippen molar-refractivity contribution in [3.05, 3.63) is 64.6 Å². The number of carboxylic acid groups (broad SMARTS) is 1. The van der Waals surface area contributed by atoms with Crippen LogP contribution in [0.25, 0.3) is 6.08 Å². The lowest BCUT2D eigenvalue weighted by molar-refractivity contribution is -0.145. The van der Waals surface area contributed by atoms with Crippen LogP contribution in [0.5, 0.6) is 11.5 Å². The van der Waals surface area contributed by atoms with E-state index in [2.05, 4.69) is 5.43 Å². The number of thiocarbonyl (C=S) groups is 1. The number of nitrogens with zero attached hydrogens (tertiary/aromatic N) is 1. The molecule has 3 rings (SSSR count). The van der Waals surface area contributed by atoms with Gasteiger partial charge in [0.15, 0.2) is 10.4 Å². The third kappa shape index (κ3) is 5.22. The molecule has 1 unspecified atom stereocenters. The van der Waals surface area contributed by atoms with Crippen LogP contribution in [0, 0.1) is 0 Å². The Bertz CT molecular complexity index is 1070. The number of phenolic OH excluding ortho intramolecular Hbond substituents is 1. The highest BCUT2D eigenvalue weighted by molar-refractivity contribution is 8.26. The van der Waals surface area contributed by atoms with E-state index in [0.717, 1.165) is 16.8 Å². The summed E-state index contributed by atoms with van der Waals surface area (Å²) in [7, 11) is 0. The molecule has 2 aromatic rings. The second-order valence-corrected chi connectivity index (χ2v) is 8.07. The third-order valence-electron chi connectivity index (χ3n) is 4.26. The van der Waals surface area contributed by atoms with Gasteiger partial charge in [-0.15, -0.1) is 0 Å². The van der Waals surface area contributed by atoms with E-state index in [0.29, 0.717) is 11.3 Å². The Labute approximate surface area is 187 Å². The molecule has 2 amide bonds. The van der Waals surface area contributed by atoms with Crippen LogP contribution in [0.1, 0.15) is 29.3 Å². The van der Waals surface area contributed by atoms with Crippen LogP contribution in [0.4, 0.5) is 0 Å². The number of carbonyl (C=O) groups is 3. The molecule has 1 aliphatic rings. The van der Waals surface area contributed by atoms with Gasteiger partial charge in [0.05, 0.1) is 4.91 Å². The fourth-order valence-electron chi connectivity index (χ4n) is 2.65. The van der Waals surface area contributed by atoms with E-state index in [1.807, 2.05) is 0 Å². The average molecular weight is 459 g/mol. The first-order chi connectivity index (χ1) is 14.8. The van der Waals surface area contributed by atoms with Gasteiger partial charge in [0.2, 0.25) is 0 Å². The van der Waals surface area contributed by atoms with Crippen molar-refractivity contribution < 1.29 is 29.3 Å². The Kier molecular flexibility index (Phi) is 6.93. The molecule has 1 heterocycles. The number of thioether (sulfide) groups is 1. The van der Waals surface area contributed by atoms with E-state index in [4.69, 9.17) is 17.0 Å². The van der Waals surface area contributed by atoms with E-state index in [-0.39, 0.29) is 27.0 Å². The van der Waals surface area contributed by atoms with Gasteiger partial charge in [-0.3, -0.25) is 15.0 Å². The van der Waals surface area contributed by atoms with E-state index in [1.165, 1.54) is 30.3 Å². The summed E-state index contributed by atoms with van der Waals surface area (Å²) in [6.45, 7) is 1.70. The topological polar surface area (TPSA) is 116 Å². The van der Waals surface area contributed by atoms with Crippen molar-refractivity contribution in [1.82, 2.24) is 10.4 Å². The molecule has 0 bridgehead atoms. The van der Waals surface area contributed by atoms with Crippen LogP contribution in [0.15, 0.2) is 53.4 Å². The second-order valence-electron chi connectivity index (χ2n) is 6.40. The third-order valence-corrected chi connectivity index (χ3v) is 5.56. The zero-order valence-corrected chi connectivity index (χ0v) is 17.9. The highest BCUT2D eigenvalue weighted by Crippen LogP contribution is 2.33. The predicted octanol–water partition coefficient (Wildman–Crippen LogP) is 3.18. The Hall–Kier alpha value is -3.37. The van der Waals surface area contributed by atoms with Crippen molar-refractivity contribution in [1.29, 1.82) is 0 Å². The number of carboxylic acids is 1. The molecule has 8 nitrogen and oxygen atoms in total. The highest BCUT2D eigenvalue weighted by Gasteiger charge is 2.34. The van der Waals surface area contributed by atoms with Gasteiger partial charge in [0, 0.05) is 11.1 Å². The number of nitrogens with one attached hydrogen (secondary N) is 1. The molecule has 0 aliphatic carbocycles. The number of amides is 2. The first kappa shape index (κ1) is 22.3. The molecule has 1 atom stereocenters. The summed E-state index contributed by atoms with van der Waals surface area (Å²) in [4.78, 5) is 36.7. The standard InChI is InChI=1S/C21H18N2O6S2/c1-2-15(20(27)28)29-16-6-4-3-5-13(16)11-17-19(26)23(21(30)31-17)22-18(25)12-7-9-14(24)10-8-12/h3-11,15,24H,2H2,1H3,(H,22,25)(H,27,28)/b17-11-. The van der Waals surface area contributed by atoms with Gasteiger partial charge in [0.1, 0.15) is 11.5 Å². The van der Waals surface area contributed by atoms with E-state index in [1.54, 1.807) is 31.2 Å². The minimum atomic E-state index is -1.08. The van der Waals surface area contributed by atoms with Crippen molar-refractivity contribution in [2.45, 2.75) is 19.4 Å². The Morgan fingerprint density at radius 2 is 1.90 bits per heavy atom. The smallest absolute Gasteiger partial charge is 0.344 e. The largest absolute Gasteiger partial charge is 0.508 e. The molecule has 160 valence electrons. The molecule has 3 N–H and O–H groups in total. The minimum absolute atomic E-state index is 0.0131. The van der Waals surface area contributed by atoms with Crippen molar-refractivity contribution in [2.24, 2.45) is 0 Å². The van der Waals surface area contributed by atoms with E-state index < -0.39 is 23.9 Å². The Morgan fingerprint density at radius 1 is 1.23 bits per heavy atom. The number of ether oxygens (including phenoxy) is 1. The fourth-order valence-corrected chi connectivity index (χ4v) is 3.82. The number of hydrogen-bond donors (Lipinski definition) is 3. The maximum absolute atomic E-state index is 12.8. The molecule has 31 heavy (non-hydrogen) atoms. The first-order valence-corrected chi connectivity index (χ1v) is 10.4. The SMILES string of the molecule is CCC(Oc1ccccc1/C=C1\SC(=S)N(NC(=O)c2ccc(O)cc2)C1=O)C(=O)O. The maximum Gasteiger partial charge on any atom is 0.344 e.